The van der Waals surface area contributed by atoms with E-state index in [0.717, 1.165) is 39.1 Å². The molecular formula is C13H27N3O2. The van der Waals surface area contributed by atoms with Gasteiger partial charge in [-0.3, -0.25) is 0 Å². The zero-order chi connectivity index (χ0) is 13.4. The normalized spacial score (nSPS) is 18.2. The van der Waals surface area contributed by atoms with Gasteiger partial charge in [0.1, 0.15) is 5.60 Å². The second kappa shape index (κ2) is 7.59. The Bertz CT molecular complexity index is 243. The number of carbonyl (C=O) groups excluding carboxylic acids is 1. The topological polar surface area (TPSA) is 53.6 Å². The third-order valence-corrected chi connectivity index (χ3v) is 2.75. The molecule has 1 aliphatic heterocycles. The van der Waals surface area contributed by atoms with Gasteiger partial charge in [-0.2, -0.15) is 0 Å². The molecule has 0 aromatic carbocycles. The van der Waals surface area contributed by atoms with Crippen LogP contribution in [0.5, 0.6) is 0 Å². The van der Waals surface area contributed by atoms with Crippen LogP contribution in [0, 0.1) is 0 Å². The van der Waals surface area contributed by atoms with Crippen molar-refractivity contribution in [2.24, 2.45) is 0 Å². The summed E-state index contributed by atoms with van der Waals surface area (Å²) in [6.45, 7) is 11.8. The Hall–Kier alpha value is -0.810. The first-order chi connectivity index (χ1) is 8.47. The van der Waals surface area contributed by atoms with Gasteiger partial charge in [0.25, 0.3) is 0 Å². The van der Waals surface area contributed by atoms with Crippen molar-refractivity contribution in [2.75, 3.05) is 39.3 Å². The lowest BCUT2D eigenvalue weighted by molar-refractivity contribution is 0.0526. The number of ether oxygens (including phenoxy) is 1. The first-order valence-electron chi connectivity index (χ1n) is 6.87. The van der Waals surface area contributed by atoms with E-state index in [9.17, 15) is 4.79 Å². The summed E-state index contributed by atoms with van der Waals surface area (Å²) in [6, 6.07) is 0. The highest BCUT2D eigenvalue weighted by atomic mass is 16.6. The van der Waals surface area contributed by atoms with Crippen molar-refractivity contribution in [1.82, 2.24) is 15.5 Å². The Labute approximate surface area is 110 Å². The molecule has 0 saturated carbocycles. The maximum atomic E-state index is 11.4. The highest BCUT2D eigenvalue weighted by Gasteiger charge is 2.15. The highest BCUT2D eigenvalue weighted by Crippen LogP contribution is 2.06. The molecule has 1 fully saturated rings. The third-order valence-electron chi connectivity index (χ3n) is 2.75. The van der Waals surface area contributed by atoms with Crippen LogP contribution in [0.4, 0.5) is 4.79 Å². The molecular weight excluding hydrogens is 230 g/mol. The summed E-state index contributed by atoms with van der Waals surface area (Å²) in [5, 5.41) is 6.17. The number of carbonyl (C=O) groups is 1. The molecule has 0 bridgehead atoms. The van der Waals surface area contributed by atoms with E-state index in [-0.39, 0.29) is 6.09 Å². The van der Waals surface area contributed by atoms with Crippen LogP contribution in [0.25, 0.3) is 0 Å². The van der Waals surface area contributed by atoms with Crippen molar-refractivity contribution in [3.8, 4) is 0 Å². The van der Waals surface area contributed by atoms with Crippen molar-refractivity contribution >= 4 is 6.09 Å². The molecule has 0 aromatic heterocycles. The first kappa shape index (κ1) is 15.2. The third kappa shape index (κ3) is 7.50. The fourth-order valence-electron chi connectivity index (χ4n) is 1.93. The minimum absolute atomic E-state index is 0.319. The van der Waals surface area contributed by atoms with Crippen molar-refractivity contribution in [3.63, 3.8) is 0 Å². The largest absolute Gasteiger partial charge is 0.444 e. The molecule has 1 rings (SSSR count). The van der Waals surface area contributed by atoms with Gasteiger partial charge in [0.15, 0.2) is 0 Å². The van der Waals surface area contributed by atoms with E-state index in [1.54, 1.807) is 0 Å². The van der Waals surface area contributed by atoms with E-state index >= 15 is 0 Å². The van der Waals surface area contributed by atoms with E-state index in [1.165, 1.54) is 6.42 Å². The second-order valence-electron chi connectivity index (χ2n) is 5.73. The number of nitrogens with zero attached hydrogens (tertiary/aromatic N) is 1. The first-order valence-corrected chi connectivity index (χ1v) is 6.87. The average molecular weight is 257 g/mol. The summed E-state index contributed by atoms with van der Waals surface area (Å²) in [5.74, 6) is 0. The fourth-order valence-corrected chi connectivity index (χ4v) is 1.93. The number of nitrogens with one attached hydrogen (secondary N) is 2. The molecule has 0 atom stereocenters. The smallest absolute Gasteiger partial charge is 0.407 e. The Morgan fingerprint density at radius 1 is 1.33 bits per heavy atom. The molecule has 0 aromatic rings. The summed E-state index contributed by atoms with van der Waals surface area (Å²) in [5.41, 5.74) is -0.416. The lowest BCUT2D eigenvalue weighted by Crippen LogP contribution is -2.35. The zero-order valence-corrected chi connectivity index (χ0v) is 11.9. The SMILES string of the molecule is CC(C)(C)OC(=O)NCCCN1CCCNCC1. The van der Waals surface area contributed by atoms with E-state index in [1.807, 2.05) is 20.8 Å². The Kier molecular flexibility index (Phi) is 6.43. The van der Waals surface area contributed by atoms with Gasteiger partial charge < -0.3 is 20.3 Å². The molecule has 1 amide bonds. The maximum absolute atomic E-state index is 11.4. The standard InChI is InChI=1S/C13H27N3O2/c1-13(2,3)18-12(17)15-7-5-10-16-9-4-6-14-8-11-16/h14H,4-11H2,1-3H3,(H,15,17). The predicted octanol–water partition coefficient (Wildman–Crippen LogP) is 1.20. The van der Waals surface area contributed by atoms with Crippen LogP contribution in [0.3, 0.4) is 0 Å². The number of hydrogen-bond donors (Lipinski definition) is 2. The lowest BCUT2D eigenvalue weighted by Gasteiger charge is -2.21. The summed E-state index contributed by atoms with van der Waals surface area (Å²) >= 11 is 0. The molecule has 2 N–H and O–H groups in total. The number of hydrogen-bond acceptors (Lipinski definition) is 4. The van der Waals surface area contributed by atoms with Crippen LogP contribution >= 0.6 is 0 Å². The van der Waals surface area contributed by atoms with Gasteiger partial charge in [-0.25, -0.2) is 4.79 Å². The van der Waals surface area contributed by atoms with Crippen LogP contribution in [0.2, 0.25) is 0 Å². The van der Waals surface area contributed by atoms with Gasteiger partial charge >= 0.3 is 6.09 Å². The Morgan fingerprint density at radius 3 is 2.83 bits per heavy atom. The summed E-state index contributed by atoms with van der Waals surface area (Å²) in [4.78, 5) is 13.8. The van der Waals surface area contributed by atoms with E-state index < -0.39 is 5.60 Å². The molecule has 0 radical (unpaired) electrons. The molecule has 1 heterocycles. The van der Waals surface area contributed by atoms with Crippen LogP contribution in [0.1, 0.15) is 33.6 Å². The number of amides is 1. The average Bonchev–Trinajstić information content (AvgIpc) is 2.50. The molecule has 5 heteroatoms. The molecule has 0 spiro atoms. The van der Waals surface area contributed by atoms with E-state index in [2.05, 4.69) is 15.5 Å². The maximum Gasteiger partial charge on any atom is 0.407 e. The van der Waals surface area contributed by atoms with Gasteiger partial charge in [-0.15, -0.1) is 0 Å². The quantitative estimate of drug-likeness (QED) is 0.743. The Balaban J connectivity index is 2.05. The molecule has 0 unspecified atom stereocenters. The minimum atomic E-state index is -0.416. The van der Waals surface area contributed by atoms with Gasteiger partial charge in [0.05, 0.1) is 0 Å². The predicted molar refractivity (Wildman–Crippen MR) is 72.8 cm³/mol. The van der Waals surface area contributed by atoms with Crippen LogP contribution < -0.4 is 10.6 Å². The molecule has 106 valence electrons. The van der Waals surface area contributed by atoms with Crippen LogP contribution in [0.15, 0.2) is 0 Å². The summed E-state index contributed by atoms with van der Waals surface area (Å²) in [6.07, 6.45) is 1.86. The molecule has 18 heavy (non-hydrogen) atoms. The van der Waals surface area contributed by atoms with Gasteiger partial charge in [0.2, 0.25) is 0 Å². The van der Waals surface area contributed by atoms with Crippen molar-refractivity contribution in [1.29, 1.82) is 0 Å². The van der Waals surface area contributed by atoms with Gasteiger partial charge in [0, 0.05) is 19.6 Å². The summed E-state index contributed by atoms with van der Waals surface area (Å²) < 4.78 is 5.18. The zero-order valence-electron chi connectivity index (χ0n) is 11.9. The van der Waals surface area contributed by atoms with Crippen LogP contribution in [-0.2, 0) is 4.74 Å². The molecule has 5 nitrogen and oxygen atoms in total. The number of rotatable bonds is 4. The molecule has 0 aliphatic carbocycles. The van der Waals surface area contributed by atoms with Crippen molar-refractivity contribution < 1.29 is 9.53 Å². The monoisotopic (exact) mass is 257 g/mol. The lowest BCUT2D eigenvalue weighted by atomic mass is 10.2. The van der Waals surface area contributed by atoms with Crippen molar-refractivity contribution in [2.45, 2.75) is 39.2 Å². The Morgan fingerprint density at radius 2 is 2.11 bits per heavy atom. The number of alkyl carbamates (subject to hydrolysis) is 1. The van der Waals surface area contributed by atoms with Crippen LogP contribution in [-0.4, -0.2) is 55.9 Å². The van der Waals surface area contributed by atoms with Gasteiger partial charge in [-0.05, 0) is 53.2 Å². The fraction of sp³-hybridized carbons (Fsp3) is 0.923. The highest BCUT2D eigenvalue weighted by molar-refractivity contribution is 5.67. The molecule has 1 saturated heterocycles. The minimum Gasteiger partial charge on any atom is -0.444 e. The van der Waals surface area contributed by atoms with Gasteiger partial charge in [-0.1, -0.05) is 0 Å². The van der Waals surface area contributed by atoms with Crippen molar-refractivity contribution in [3.05, 3.63) is 0 Å². The molecule has 1 aliphatic rings. The van der Waals surface area contributed by atoms with E-state index in [4.69, 9.17) is 4.74 Å². The van der Waals surface area contributed by atoms with E-state index in [0.29, 0.717) is 6.54 Å². The second-order valence-corrected chi connectivity index (χ2v) is 5.73. The summed E-state index contributed by atoms with van der Waals surface area (Å²) in [7, 11) is 0.